The first kappa shape index (κ1) is 29.3. The van der Waals surface area contributed by atoms with Gasteiger partial charge in [-0.05, 0) is 48.9 Å². The largest absolute Gasteiger partial charge is 0.573 e. The fraction of sp³-hybridized carbons (Fsp3) is 0.360. The molecule has 0 amide bonds. The molecule has 0 unspecified atom stereocenters. The molecule has 4 rings (SSSR count). The van der Waals surface area contributed by atoms with Crippen LogP contribution in [0.4, 0.5) is 24.7 Å². The van der Waals surface area contributed by atoms with E-state index in [1.54, 1.807) is 19.1 Å². The van der Waals surface area contributed by atoms with Crippen LogP contribution >= 0.6 is 11.6 Å². The number of hydrogen-bond acceptors (Lipinski definition) is 7. The van der Waals surface area contributed by atoms with Gasteiger partial charge in [0.2, 0.25) is 0 Å². The molecule has 1 fully saturated rings. The summed E-state index contributed by atoms with van der Waals surface area (Å²) in [5.41, 5.74) is 2.08. The van der Waals surface area contributed by atoms with Crippen molar-refractivity contribution in [3.8, 4) is 5.75 Å². The minimum Gasteiger partial charge on any atom is -0.406 e. The van der Waals surface area contributed by atoms with Crippen molar-refractivity contribution in [2.24, 2.45) is 0 Å². The van der Waals surface area contributed by atoms with Crippen LogP contribution in [0.1, 0.15) is 5.56 Å². The van der Waals surface area contributed by atoms with Crippen molar-refractivity contribution in [2.75, 3.05) is 51.4 Å². The Labute approximate surface area is 213 Å². The van der Waals surface area contributed by atoms with Gasteiger partial charge in [0.25, 0.3) is 0 Å². The molecule has 0 atom stereocenters. The number of alkyl halides is 3. The van der Waals surface area contributed by atoms with Gasteiger partial charge in [-0.25, -0.2) is 4.98 Å². The summed E-state index contributed by atoms with van der Waals surface area (Å²) >= 11 is 6.37. The molecule has 2 heterocycles. The maximum atomic E-state index is 12.6. The van der Waals surface area contributed by atoms with E-state index in [0.717, 1.165) is 37.8 Å². The number of hydrogen-bond donors (Lipinski definition) is 1. The highest BCUT2D eigenvalue weighted by atomic mass is 35.5. The number of pyridine rings is 1. The number of anilines is 2. The van der Waals surface area contributed by atoms with E-state index in [1.807, 2.05) is 36.0 Å². The van der Waals surface area contributed by atoms with E-state index >= 15 is 0 Å². The van der Waals surface area contributed by atoms with Crippen LogP contribution in [0.5, 0.6) is 5.75 Å². The second-order valence-electron chi connectivity index (χ2n) is 7.58. The molecule has 1 aliphatic heterocycles. The number of morpholine rings is 1. The zero-order valence-electron chi connectivity index (χ0n) is 20.1. The van der Waals surface area contributed by atoms with Crippen LogP contribution in [0.2, 0.25) is 5.02 Å². The summed E-state index contributed by atoms with van der Waals surface area (Å²) in [6.07, 6.45) is -4.74. The minimum atomic E-state index is -4.74. The second-order valence-corrected chi connectivity index (χ2v) is 7.99. The lowest BCUT2D eigenvalue weighted by Crippen LogP contribution is -2.40. The number of rotatable bonds is 6. The molecule has 196 valence electrons. The predicted molar refractivity (Wildman–Crippen MR) is 134 cm³/mol. The molecule has 3 aromatic rings. The van der Waals surface area contributed by atoms with E-state index < -0.39 is 6.36 Å². The third kappa shape index (κ3) is 8.06. The lowest BCUT2D eigenvalue weighted by atomic mass is 10.1. The first-order valence-corrected chi connectivity index (χ1v) is 11.4. The maximum absolute atomic E-state index is 12.6. The Bertz CT molecular complexity index is 1110. The molecule has 7 nitrogen and oxygen atoms in total. The Morgan fingerprint density at radius 3 is 2.47 bits per heavy atom. The van der Waals surface area contributed by atoms with Crippen LogP contribution in [0.3, 0.4) is 0 Å². The summed E-state index contributed by atoms with van der Waals surface area (Å²) in [7, 11) is 1.00. The molecule has 1 aromatic heterocycles. The number of aryl methyl sites for hydroxylation is 1. The van der Waals surface area contributed by atoms with Gasteiger partial charge < -0.3 is 24.3 Å². The number of halogens is 4. The quantitative estimate of drug-likeness (QED) is 0.484. The highest BCUT2D eigenvalue weighted by Crippen LogP contribution is 2.33. The summed E-state index contributed by atoms with van der Waals surface area (Å²) in [6.45, 7) is 8.16. The van der Waals surface area contributed by atoms with E-state index in [0.29, 0.717) is 41.7 Å². The highest BCUT2D eigenvalue weighted by Gasteiger charge is 2.31. The Balaban J connectivity index is 0.00000109. The minimum absolute atomic E-state index is 0.249. The normalized spacial score (nSPS) is 13.8. The van der Waals surface area contributed by atoms with Gasteiger partial charge in [-0.2, -0.15) is 0 Å². The summed E-state index contributed by atoms with van der Waals surface area (Å²) in [4.78, 5) is 17.1. The first-order valence-electron chi connectivity index (χ1n) is 11.0. The van der Waals surface area contributed by atoms with Crippen molar-refractivity contribution in [3.63, 3.8) is 0 Å². The molecule has 2 aromatic carbocycles. The molecule has 1 saturated heterocycles. The lowest BCUT2D eigenvalue weighted by Gasteiger charge is -2.31. The van der Waals surface area contributed by atoms with Crippen molar-refractivity contribution >= 4 is 40.8 Å². The molecular weight excluding hydrogens is 499 g/mol. The molecule has 1 aliphatic rings. The van der Waals surface area contributed by atoms with Gasteiger partial charge in [0.15, 0.2) is 0 Å². The van der Waals surface area contributed by atoms with Crippen molar-refractivity contribution in [1.29, 1.82) is 0 Å². The van der Waals surface area contributed by atoms with Gasteiger partial charge in [0, 0.05) is 44.4 Å². The Kier molecular flexibility index (Phi) is 11.4. The van der Waals surface area contributed by atoms with E-state index in [-0.39, 0.29) is 5.75 Å². The number of fused-ring (bicyclic) bond motifs is 1. The fourth-order valence-electron chi connectivity index (χ4n) is 3.80. The van der Waals surface area contributed by atoms with Gasteiger partial charge in [-0.3, -0.25) is 4.90 Å². The smallest absolute Gasteiger partial charge is 0.406 e. The maximum Gasteiger partial charge on any atom is 0.573 e. The monoisotopic (exact) mass is 527 g/mol. The number of para-hydroxylation sites is 1. The molecule has 36 heavy (non-hydrogen) atoms. The molecule has 0 saturated carbocycles. The van der Waals surface area contributed by atoms with Crippen LogP contribution in [0, 0.1) is 6.92 Å². The van der Waals surface area contributed by atoms with Crippen LogP contribution in [0.15, 0.2) is 48.5 Å². The topological polar surface area (TPSA) is 75.1 Å². The Morgan fingerprint density at radius 2 is 1.83 bits per heavy atom. The summed E-state index contributed by atoms with van der Waals surface area (Å²) in [5, 5.41) is 8.46. The fourth-order valence-corrected chi connectivity index (χ4v) is 4.03. The highest BCUT2D eigenvalue weighted by molar-refractivity contribution is 6.35. The molecule has 0 aliphatic carbocycles. The number of carbonyl (C=O) groups is 1. The number of benzene rings is 2. The molecular formula is C25H29ClF3N3O4. The van der Waals surface area contributed by atoms with Crippen molar-refractivity contribution in [3.05, 3.63) is 59.1 Å². The van der Waals surface area contributed by atoms with Crippen molar-refractivity contribution in [1.82, 2.24) is 9.88 Å². The summed E-state index contributed by atoms with van der Waals surface area (Å²) < 4.78 is 47.4. The van der Waals surface area contributed by atoms with E-state index in [2.05, 4.69) is 9.64 Å². The van der Waals surface area contributed by atoms with E-state index in [9.17, 15) is 13.2 Å². The number of aliphatic hydroxyl groups is 1. The van der Waals surface area contributed by atoms with Crippen molar-refractivity contribution in [2.45, 2.75) is 13.3 Å². The standard InChI is InChI=1S/C23H23ClF3N3O2.CH4O.CH2O/c1-16-15-18(32-23(25,26)27)6-7-20(16)30(10-9-29-11-13-31-14-12-29)21-8-5-17-3-2-4-19(24)22(17)28-21;2*1-2/h2-8,15H,9-14H2,1H3;2H,1H3;1H2. The number of aromatic nitrogens is 1. The SMILES string of the molecule is C=O.CO.Cc1cc(OC(F)(F)F)ccc1N(CCN1CCOCC1)c1ccc2cccc(Cl)c2n1. The predicted octanol–water partition coefficient (Wildman–Crippen LogP) is 4.99. The average Bonchev–Trinajstić information content (AvgIpc) is 2.88. The van der Waals surface area contributed by atoms with E-state index in [4.69, 9.17) is 31.2 Å². The molecule has 1 N–H and O–H groups in total. The zero-order valence-corrected chi connectivity index (χ0v) is 20.8. The second kappa shape index (κ2) is 14.0. The number of carbonyl (C=O) groups excluding carboxylic acids is 1. The third-order valence-electron chi connectivity index (χ3n) is 5.37. The van der Waals surface area contributed by atoms with Crippen LogP contribution in [0.25, 0.3) is 10.9 Å². The summed E-state index contributed by atoms with van der Waals surface area (Å²) in [6, 6.07) is 13.8. The molecule has 0 spiro atoms. The zero-order chi connectivity index (χ0) is 26.7. The van der Waals surface area contributed by atoms with Crippen LogP contribution < -0.4 is 9.64 Å². The van der Waals surface area contributed by atoms with Gasteiger partial charge in [-0.15, -0.1) is 13.2 Å². The van der Waals surface area contributed by atoms with Gasteiger partial charge in [0.1, 0.15) is 18.4 Å². The molecule has 0 bridgehead atoms. The van der Waals surface area contributed by atoms with Crippen molar-refractivity contribution < 1.29 is 32.5 Å². The molecule has 11 heteroatoms. The lowest BCUT2D eigenvalue weighted by molar-refractivity contribution is -0.274. The van der Waals surface area contributed by atoms with Gasteiger partial charge in [0.05, 0.1) is 23.8 Å². The van der Waals surface area contributed by atoms with Crippen LogP contribution in [-0.4, -0.2) is 74.6 Å². The average molecular weight is 528 g/mol. The Hall–Kier alpha value is -2.92. The summed E-state index contributed by atoms with van der Waals surface area (Å²) in [5.74, 6) is 0.424. The van der Waals surface area contributed by atoms with Crippen LogP contribution in [-0.2, 0) is 9.53 Å². The van der Waals surface area contributed by atoms with Gasteiger partial charge in [-0.1, -0.05) is 23.7 Å². The Morgan fingerprint density at radius 1 is 1.14 bits per heavy atom. The number of ether oxygens (including phenoxy) is 2. The first-order chi connectivity index (χ1) is 17.3. The molecule has 0 radical (unpaired) electrons. The third-order valence-corrected chi connectivity index (χ3v) is 5.67. The van der Waals surface area contributed by atoms with Gasteiger partial charge >= 0.3 is 6.36 Å². The number of aliphatic hydroxyl groups excluding tert-OH is 1. The number of nitrogens with zero attached hydrogens (tertiary/aromatic N) is 3. The van der Waals surface area contributed by atoms with E-state index in [1.165, 1.54) is 12.1 Å².